The number of aryl methyl sites for hydroxylation is 1. The summed E-state index contributed by atoms with van der Waals surface area (Å²) in [5.41, 5.74) is 0.665. The van der Waals surface area contributed by atoms with Gasteiger partial charge in [0.25, 0.3) is 5.91 Å². The van der Waals surface area contributed by atoms with Crippen LogP contribution >= 0.6 is 12.4 Å². The monoisotopic (exact) mass is 327 g/mol. The molecule has 0 bridgehead atoms. The molecule has 1 amide bonds. The van der Waals surface area contributed by atoms with E-state index in [4.69, 9.17) is 0 Å². The number of benzene rings is 1. The van der Waals surface area contributed by atoms with Crippen LogP contribution in [0.4, 0.5) is 4.39 Å². The molecular weight excluding hydrogens is 309 g/mol. The van der Waals surface area contributed by atoms with E-state index in [1.807, 2.05) is 7.05 Å². The van der Waals surface area contributed by atoms with E-state index in [9.17, 15) is 9.18 Å². The molecule has 120 valence electrons. The molecule has 8 heteroatoms. The number of likely N-dealkylation sites (N-methyl/N-ethyl adjacent to an activating group) is 2. The van der Waals surface area contributed by atoms with Crippen molar-refractivity contribution in [3.63, 3.8) is 0 Å². The van der Waals surface area contributed by atoms with Gasteiger partial charge in [0.15, 0.2) is 0 Å². The molecule has 22 heavy (non-hydrogen) atoms. The summed E-state index contributed by atoms with van der Waals surface area (Å²) in [5, 5.41) is 7.19. The Morgan fingerprint density at radius 1 is 1.36 bits per heavy atom. The lowest BCUT2D eigenvalue weighted by Crippen LogP contribution is -2.33. The van der Waals surface area contributed by atoms with Crippen LogP contribution in [0.2, 0.25) is 0 Å². The molecule has 0 fully saturated rings. The number of nitrogens with one attached hydrogen (secondary N) is 1. The van der Waals surface area contributed by atoms with Crippen molar-refractivity contribution in [3.8, 4) is 5.69 Å². The van der Waals surface area contributed by atoms with Gasteiger partial charge in [0.05, 0.1) is 5.69 Å². The lowest BCUT2D eigenvalue weighted by molar-refractivity contribution is 0.0785. The van der Waals surface area contributed by atoms with Gasteiger partial charge in [0.2, 0.25) is 5.82 Å². The van der Waals surface area contributed by atoms with Crippen molar-refractivity contribution < 1.29 is 9.18 Å². The number of hydrogen-bond donors (Lipinski definition) is 1. The van der Waals surface area contributed by atoms with Crippen molar-refractivity contribution in [3.05, 3.63) is 41.7 Å². The highest BCUT2D eigenvalue weighted by Gasteiger charge is 2.18. The van der Waals surface area contributed by atoms with Crippen LogP contribution in [0.25, 0.3) is 5.69 Å². The largest absolute Gasteiger partial charge is 0.338 e. The molecule has 0 unspecified atom stereocenters. The van der Waals surface area contributed by atoms with E-state index < -0.39 is 0 Å². The first-order chi connectivity index (χ1) is 10.0. The molecule has 1 N–H and O–H groups in total. The fourth-order valence-corrected chi connectivity index (χ4v) is 1.86. The smallest absolute Gasteiger partial charge is 0.293 e. The Labute approximate surface area is 134 Å². The first kappa shape index (κ1) is 18.1. The van der Waals surface area contributed by atoms with Gasteiger partial charge in [0, 0.05) is 20.1 Å². The third-order valence-corrected chi connectivity index (χ3v) is 3.08. The molecule has 1 aromatic heterocycles. The lowest BCUT2D eigenvalue weighted by Gasteiger charge is -2.14. The van der Waals surface area contributed by atoms with Crippen molar-refractivity contribution in [2.45, 2.75) is 6.92 Å². The maximum absolute atomic E-state index is 12.9. The van der Waals surface area contributed by atoms with Gasteiger partial charge in [-0.3, -0.25) is 4.79 Å². The number of rotatable bonds is 5. The van der Waals surface area contributed by atoms with E-state index in [-0.39, 0.29) is 30.0 Å². The van der Waals surface area contributed by atoms with Crippen LogP contribution in [0.1, 0.15) is 16.4 Å². The van der Waals surface area contributed by atoms with Gasteiger partial charge in [-0.25, -0.2) is 14.1 Å². The Bertz CT molecular complexity index is 629. The number of nitrogens with zero attached hydrogens (tertiary/aromatic N) is 4. The maximum atomic E-state index is 12.9. The predicted molar refractivity (Wildman–Crippen MR) is 84.2 cm³/mol. The minimum Gasteiger partial charge on any atom is -0.338 e. The zero-order valence-electron chi connectivity index (χ0n) is 12.7. The van der Waals surface area contributed by atoms with Crippen LogP contribution in [0.3, 0.4) is 0 Å². The van der Waals surface area contributed by atoms with Gasteiger partial charge in [-0.15, -0.1) is 17.5 Å². The third-order valence-electron chi connectivity index (χ3n) is 3.08. The Morgan fingerprint density at radius 3 is 2.59 bits per heavy atom. The summed E-state index contributed by atoms with van der Waals surface area (Å²) in [6, 6.07) is 5.87. The van der Waals surface area contributed by atoms with E-state index >= 15 is 0 Å². The van der Waals surface area contributed by atoms with Crippen molar-refractivity contribution in [2.24, 2.45) is 0 Å². The van der Waals surface area contributed by atoms with Gasteiger partial charge in [-0.1, -0.05) is 0 Å². The molecule has 1 heterocycles. The van der Waals surface area contributed by atoms with Gasteiger partial charge in [-0.2, -0.15) is 0 Å². The van der Waals surface area contributed by atoms with E-state index in [0.29, 0.717) is 24.6 Å². The average molecular weight is 328 g/mol. The lowest BCUT2D eigenvalue weighted by atomic mass is 10.3. The molecule has 6 nitrogen and oxygen atoms in total. The van der Waals surface area contributed by atoms with Crippen molar-refractivity contribution in [2.75, 3.05) is 27.2 Å². The number of aromatic nitrogens is 3. The number of halogens is 2. The molecule has 1 aromatic carbocycles. The Morgan fingerprint density at radius 2 is 2.00 bits per heavy atom. The molecule has 2 rings (SSSR count). The van der Waals surface area contributed by atoms with Gasteiger partial charge in [-0.05, 0) is 38.2 Å². The van der Waals surface area contributed by atoms with Crippen LogP contribution in [0.5, 0.6) is 0 Å². The topological polar surface area (TPSA) is 63.1 Å². The van der Waals surface area contributed by atoms with Crippen LogP contribution in [-0.4, -0.2) is 52.8 Å². The molecular formula is C14H19ClFN5O. The molecule has 0 saturated heterocycles. The minimum absolute atomic E-state index is 0. The summed E-state index contributed by atoms with van der Waals surface area (Å²) in [4.78, 5) is 17.9. The molecule has 0 spiro atoms. The van der Waals surface area contributed by atoms with Crippen molar-refractivity contribution in [1.29, 1.82) is 0 Å². The van der Waals surface area contributed by atoms with Gasteiger partial charge >= 0.3 is 0 Å². The predicted octanol–water partition coefficient (Wildman–Crippen LogP) is 1.43. The highest BCUT2D eigenvalue weighted by molar-refractivity contribution is 5.90. The van der Waals surface area contributed by atoms with Crippen LogP contribution < -0.4 is 5.32 Å². The molecule has 0 aliphatic heterocycles. The highest BCUT2D eigenvalue weighted by atomic mass is 35.5. The van der Waals surface area contributed by atoms with Crippen molar-refractivity contribution >= 4 is 18.3 Å². The second-order valence-corrected chi connectivity index (χ2v) is 4.70. The van der Waals surface area contributed by atoms with E-state index in [2.05, 4.69) is 15.4 Å². The summed E-state index contributed by atoms with van der Waals surface area (Å²) in [7, 11) is 3.53. The molecule has 0 saturated carbocycles. The summed E-state index contributed by atoms with van der Waals surface area (Å²) >= 11 is 0. The molecule has 0 radical (unpaired) electrons. The molecule has 0 aliphatic rings. The second kappa shape index (κ2) is 7.86. The first-order valence-electron chi connectivity index (χ1n) is 6.62. The van der Waals surface area contributed by atoms with E-state index in [1.165, 1.54) is 16.8 Å². The Balaban J connectivity index is 0.00000242. The number of hydrogen-bond acceptors (Lipinski definition) is 4. The summed E-state index contributed by atoms with van der Waals surface area (Å²) in [5.74, 6) is 0.149. The highest BCUT2D eigenvalue weighted by Crippen LogP contribution is 2.11. The van der Waals surface area contributed by atoms with Crippen LogP contribution in [-0.2, 0) is 0 Å². The third kappa shape index (κ3) is 4.02. The van der Waals surface area contributed by atoms with Crippen molar-refractivity contribution in [1.82, 2.24) is 25.0 Å². The Kier molecular flexibility index (Phi) is 6.45. The van der Waals surface area contributed by atoms with Crippen LogP contribution in [0.15, 0.2) is 24.3 Å². The van der Waals surface area contributed by atoms with E-state index in [1.54, 1.807) is 31.0 Å². The fourth-order valence-electron chi connectivity index (χ4n) is 1.86. The number of carbonyl (C=O) groups excluding carboxylic acids is 1. The SMILES string of the molecule is CNCCN(C)C(=O)c1nc(C)n(-c2ccc(F)cc2)n1.Cl. The summed E-state index contributed by atoms with van der Waals surface area (Å²) in [6.07, 6.45) is 0. The summed E-state index contributed by atoms with van der Waals surface area (Å²) in [6.45, 7) is 3.01. The number of amides is 1. The standard InChI is InChI=1S/C14H18FN5O.ClH/c1-10-17-13(14(21)19(3)9-8-16-2)18-20(10)12-6-4-11(15)5-7-12;/h4-7,16H,8-9H2,1-3H3;1H. The van der Waals surface area contributed by atoms with Gasteiger partial charge in [0.1, 0.15) is 11.6 Å². The Hall–Kier alpha value is -1.99. The average Bonchev–Trinajstić information content (AvgIpc) is 2.86. The fraction of sp³-hybridized carbons (Fsp3) is 0.357. The summed E-state index contributed by atoms with van der Waals surface area (Å²) < 4.78 is 14.5. The van der Waals surface area contributed by atoms with E-state index in [0.717, 1.165) is 0 Å². The maximum Gasteiger partial charge on any atom is 0.293 e. The number of carbonyl (C=O) groups is 1. The quantitative estimate of drug-likeness (QED) is 0.902. The first-order valence-corrected chi connectivity index (χ1v) is 6.62. The minimum atomic E-state index is -0.320. The normalized spacial score (nSPS) is 10.2. The van der Waals surface area contributed by atoms with Crippen LogP contribution in [0, 0.1) is 12.7 Å². The molecule has 0 aliphatic carbocycles. The second-order valence-electron chi connectivity index (χ2n) is 4.70. The molecule has 0 atom stereocenters. The van der Waals surface area contributed by atoms with Gasteiger partial charge < -0.3 is 10.2 Å². The zero-order chi connectivity index (χ0) is 15.4. The zero-order valence-corrected chi connectivity index (χ0v) is 13.5. The molecule has 2 aromatic rings.